The number of hydrogen-bond acceptors (Lipinski definition) is 2. The second-order valence-corrected chi connectivity index (χ2v) is 5.82. The van der Waals surface area contributed by atoms with E-state index in [0.717, 1.165) is 24.1 Å². The third kappa shape index (κ3) is 5.36. The third-order valence-corrected chi connectivity index (χ3v) is 3.94. The van der Waals surface area contributed by atoms with Crippen molar-refractivity contribution in [1.29, 1.82) is 0 Å². The number of thioether (sulfide) groups is 1. The monoisotopic (exact) mass is 273 g/mol. The Morgan fingerprint density at radius 2 is 1.72 bits per heavy atom. The van der Waals surface area contributed by atoms with Crippen LogP contribution in [0.3, 0.4) is 0 Å². The standard InChI is InChI=1S/C14H21F2NS/c1-4-17-14(9-18-8-10(2)3)11-5-12(15)7-13(16)6-11/h5-7,10,14,17H,4,8-9H2,1-3H3. The molecule has 0 aliphatic rings. The molecule has 4 heteroatoms. The maximum Gasteiger partial charge on any atom is 0.126 e. The topological polar surface area (TPSA) is 12.0 Å². The van der Waals surface area contributed by atoms with E-state index in [1.807, 2.05) is 18.7 Å². The van der Waals surface area contributed by atoms with Crippen LogP contribution in [0.4, 0.5) is 8.78 Å². The van der Waals surface area contributed by atoms with Crippen LogP contribution in [0.2, 0.25) is 0 Å². The predicted octanol–water partition coefficient (Wildman–Crippen LogP) is 4.00. The Morgan fingerprint density at radius 1 is 1.11 bits per heavy atom. The highest BCUT2D eigenvalue weighted by molar-refractivity contribution is 7.99. The van der Waals surface area contributed by atoms with Crippen molar-refractivity contribution in [1.82, 2.24) is 5.32 Å². The maximum absolute atomic E-state index is 13.2. The third-order valence-electron chi connectivity index (χ3n) is 2.47. The summed E-state index contributed by atoms with van der Waals surface area (Å²) >= 11 is 1.81. The van der Waals surface area contributed by atoms with Crippen LogP contribution in [0, 0.1) is 17.6 Å². The average molecular weight is 273 g/mol. The molecular formula is C14H21F2NS. The summed E-state index contributed by atoms with van der Waals surface area (Å²) in [6.07, 6.45) is 0. The van der Waals surface area contributed by atoms with E-state index in [9.17, 15) is 8.78 Å². The summed E-state index contributed by atoms with van der Waals surface area (Å²) in [4.78, 5) is 0. The van der Waals surface area contributed by atoms with E-state index in [-0.39, 0.29) is 6.04 Å². The summed E-state index contributed by atoms with van der Waals surface area (Å²) in [5.74, 6) is 1.49. The summed E-state index contributed by atoms with van der Waals surface area (Å²) < 4.78 is 26.4. The minimum absolute atomic E-state index is 0.00366. The number of halogens is 2. The smallest absolute Gasteiger partial charge is 0.126 e. The van der Waals surface area contributed by atoms with Crippen LogP contribution in [0.25, 0.3) is 0 Å². The van der Waals surface area contributed by atoms with E-state index in [2.05, 4.69) is 19.2 Å². The van der Waals surface area contributed by atoms with E-state index < -0.39 is 11.6 Å². The average Bonchev–Trinajstić information content (AvgIpc) is 2.26. The van der Waals surface area contributed by atoms with E-state index in [4.69, 9.17) is 0 Å². The Labute approximate surface area is 112 Å². The quantitative estimate of drug-likeness (QED) is 0.805. The van der Waals surface area contributed by atoms with Crippen LogP contribution in [-0.4, -0.2) is 18.1 Å². The number of hydrogen-bond donors (Lipinski definition) is 1. The van der Waals surface area contributed by atoms with Crippen LogP contribution in [0.15, 0.2) is 18.2 Å². The highest BCUT2D eigenvalue weighted by Crippen LogP contribution is 2.21. The van der Waals surface area contributed by atoms with Crippen LogP contribution in [0.5, 0.6) is 0 Å². The first-order valence-corrected chi connectivity index (χ1v) is 7.45. The molecule has 0 aliphatic heterocycles. The zero-order chi connectivity index (χ0) is 13.5. The van der Waals surface area contributed by atoms with Crippen molar-refractivity contribution in [3.63, 3.8) is 0 Å². The SMILES string of the molecule is CCNC(CSCC(C)C)c1cc(F)cc(F)c1. The Balaban J connectivity index is 2.70. The van der Waals surface area contributed by atoms with Crippen molar-refractivity contribution in [2.45, 2.75) is 26.8 Å². The van der Waals surface area contributed by atoms with Crippen molar-refractivity contribution in [3.8, 4) is 0 Å². The fourth-order valence-corrected chi connectivity index (χ4v) is 2.87. The molecule has 0 saturated carbocycles. The fourth-order valence-electron chi connectivity index (χ4n) is 1.72. The van der Waals surface area contributed by atoms with Gasteiger partial charge < -0.3 is 5.32 Å². The minimum Gasteiger partial charge on any atom is -0.310 e. The summed E-state index contributed by atoms with van der Waals surface area (Å²) in [5.41, 5.74) is 0.686. The summed E-state index contributed by atoms with van der Waals surface area (Å²) in [6.45, 7) is 7.11. The molecule has 1 aromatic carbocycles. The molecule has 0 amide bonds. The lowest BCUT2D eigenvalue weighted by atomic mass is 10.1. The van der Waals surface area contributed by atoms with Crippen LogP contribution in [0.1, 0.15) is 32.4 Å². The maximum atomic E-state index is 13.2. The van der Waals surface area contributed by atoms with Gasteiger partial charge in [0.15, 0.2) is 0 Å². The molecule has 0 bridgehead atoms. The van der Waals surface area contributed by atoms with E-state index in [1.165, 1.54) is 12.1 Å². The van der Waals surface area contributed by atoms with Gasteiger partial charge in [0.1, 0.15) is 11.6 Å². The van der Waals surface area contributed by atoms with Gasteiger partial charge in [-0.1, -0.05) is 20.8 Å². The van der Waals surface area contributed by atoms with Gasteiger partial charge in [0.05, 0.1) is 0 Å². The summed E-state index contributed by atoms with van der Waals surface area (Å²) in [7, 11) is 0. The van der Waals surface area contributed by atoms with E-state index >= 15 is 0 Å². The Hall–Kier alpha value is -0.610. The lowest BCUT2D eigenvalue weighted by Gasteiger charge is -2.18. The van der Waals surface area contributed by atoms with E-state index in [1.54, 1.807) is 0 Å². The van der Waals surface area contributed by atoms with Gasteiger partial charge in [-0.15, -0.1) is 0 Å². The first-order chi connectivity index (χ1) is 8.52. The summed E-state index contributed by atoms with van der Waals surface area (Å²) in [5, 5.41) is 3.27. The molecule has 0 aromatic heterocycles. The molecule has 0 fully saturated rings. The molecule has 1 nitrogen and oxygen atoms in total. The van der Waals surface area contributed by atoms with Crippen LogP contribution < -0.4 is 5.32 Å². The number of benzene rings is 1. The van der Waals surface area contributed by atoms with Gasteiger partial charge in [0, 0.05) is 17.9 Å². The molecule has 102 valence electrons. The van der Waals surface area contributed by atoms with Gasteiger partial charge in [-0.2, -0.15) is 11.8 Å². The van der Waals surface area contributed by atoms with Crippen molar-refractivity contribution in [2.75, 3.05) is 18.1 Å². The van der Waals surface area contributed by atoms with Crippen LogP contribution in [-0.2, 0) is 0 Å². The molecule has 0 radical (unpaired) electrons. The van der Waals surface area contributed by atoms with Crippen molar-refractivity contribution in [2.24, 2.45) is 5.92 Å². The molecule has 1 atom stereocenters. The number of rotatable bonds is 7. The molecule has 1 rings (SSSR count). The highest BCUT2D eigenvalue weighted by Gasteiger charge is 2.13. The molecule has 1 N–H and O–H groups in total. The van der Waals surface area contributed by atoms with Crippen molar-refractivity contribution in [3.05, 3.63) is 35.4 Å². The predicted molar refractivity (Wildman–Crippen MR) is 74.9 cm³/mol. The largest absolute Gasteiger partial charge is 0.310 e. The Kier molecular flexibility index (Phi) is 6.65. The lowest BCUT2D eigenvalue weighted by Crippen LogP contribution is -2.23. The zero-order valence-electron chi connectivity index (χ0n) is 11.2. The van der Waals surface area contributed by atoms with Gasteiger partial charge in [-0.25, -0.2) is 8.78 Å². The number of nitrogens with one attached hydrogen (secondary N) is 1. The van der Waals surface area contributed by atoms with Gasteiger partial charge in [-0.05, 0) is 35.9 Å². The molecular weight excluding hydrogens is 252 g/mol. The first kappa shape index (κ1) is 15.4. The van der Waals surface area contributed by atoms with E-state index in [0.29, 0.717) is 11.5 Å². The minimum atomic E-state index is -0.512. The lowest BCUT2D eigenvalue weighted by molar-refractivity contribution is 0.558. The van der Waals surface area contributed by atoms with Crippen LogP contribution >= 0.6 is 11.8 Å². The molecule has 18 heavy (non-hydrogen) atoms. The molecule has 0 saturated heterocycles. The van der Waals surface area contributed by atoms with Gasteiger partial charge in [0.25, 0.3) is 0 Å². The second-order valence-electron chi connectivity index (χ2n) is 4.74. The normalized spacial score (nSPS) is 13.0. The second kappa shape index (κ2) is 7.74. The van der Waals surface area contributed by atoms with Crippen molar-refractivity contribution >= 4 is 11.8 Å². The summed E-state index contributed by atoms with van der Waals surface area (Å²) in [6, 6.07) is 3.73. The fraction of sp³-hybridized carbons (Fsp3) is 0.571. The Morgan fingerprint density at radius 3 is 2.22 bits per heavy atom. The van der Waals surface area contributed by atoms with Crippen molar-refractivity contribution < 1.29 is 8.78 Å². The van der Waals surface area contributed by atoms with Gasteiger partial charge >= 0.3 is 0 Å². The molecule has 1 aromatic rings. The van der Waals surface area contributed by atoms with Gasteiger partial charge in [-0.3, -0.25) is 0 Å². The molecule has 0 heterocycles. The molecule has 1 unspecified atom stereocenters. The highest BCUT2D eigenvalue weighted by atomic mass is 32.2. The molecule has 0 aliphatic carbocycles. The first-order valence-electron chi connectivity index (χ1n) is 6.30. The Bertz CT molecular complexity index is 349. The molecule has 0 spiro atoms. The van der Waals surface area contributed by atoms with Gasteiger partial charge in [0.2, 0.25) is 0 Å². The zero-order valence-corrected chi connectivity index (χ0v) is 12.0.